The van der Waals surface area contributed by atoms with Crippen molar-refractivity contribution < 1.29 is 24.2 Å². The molecule has 0 aliphatic heterocycles. The summed E-state index contributed by atoms with van der Waals surface area (Å²) >= 11 is 0. The van der Waals surface area contributed by atoms with Crippen molar-refractivity contribution in [2.75, 3.05) is 6.54 Å². The van der Waals surface area contributed by atoms with Crippen LogP contribution in [-0.2, 0) is 11.3 Å². The van der Waals surface area contributed by atoms with E-state index in [1.807, 2.05) is 0 Å². The summed E-state index contributed by atoms with van der Waals surface area (Å²) in [6.07, 6.45) is 3.14. The van der Waals surface area contributed by atoms with E-state index in [-0.39, 0.29) is 17.3 Å². The minimum Gasteiger partial charge on any atom is -0.505 e. The molecule has 3 N–H and O–H groups in total. The lowest BCUT2D eigenvalue weighted by Crippen LogP contribution is -2.29. The third kappa shape index (κ3) is 3.42. The van der Waals surface area contributed by atoms with Crippen LogP contribution in [0.4, 0.5) is 4.39 Å². The van der Waals surface area contributed by atoms with Gasteiger partial charge < -0.3 is 20.1 Å². The first-order chi connectivity index (χ1) is 12.0. The highest BCUT2D eigenvalue weighted by molar-refractivity contribution is 6.01. The van der Waals surface area contributed by atoms with Gasteiger partial charge in [-0.05, 0) is 23.8 Å². The average Bonchev–Trinajstić information content (AvgIpc) is 2.99. The Hall–Kier alpha value is -3.42. The molecule has 1 aromatic carbocycles. The fraction of sp³-hybridized carbons (Fsp3) is 0.118. The first-order valence-electron chi connectivity index (χ1n) is 7.37. The molecule has 2 aromatic heterocycles. The topological polar surface area (TPSA) is 104 Å². The van der Waals surface area contributed by atoms with E-state index in [1.54, 1.807) is 29.0 Å². The van der Waals surface area contributed by atoms with Crippen LogP contribution in [0.2, 0.25) is 0 Å². The molecule has 0 fully saturated rings. The molecule has 0 atom stereocenters. The Morgan fingerprint density at radius 2 is 1.92 bits per heavy atom. The van der Waals surface area contributed by atoms with E-state index in [2.05, 4.69) is 10.3 Å². The molecule has 0 aliphatic carbocycles. The van der Waals surface area contributed by atoms with Crippen LogP contribution in [0.5, 0.6) is 5.75 Å². The predicted molar refractivity (Wildman–Crippen MR) is 86.9 cm³/mol. The fourth-order valence-corrected chi connectivity index (χ4v) is 2.47. The molecule has 0 aliphatic rings. The molecule has 1 amide bonds. The zero-order chi connectivity index (χ0) is 18.0. The summed E-state index contributed by atoms with van der Waals surface area (Å²) in [5.74, 6) is -2.61. The summed E-state index contributed by atoms with van der Waals surface area (Å²) in [5.41, 5.74) is 1.21. The fourth-order valence-electron chi connectivity index (χ4n) is 2.47. The van der Waals surface area contributed by atoms with Crippen molar-refractivity contribution in [1.82, 2.24) is 14.9 Å². The molecule has 0 unspecified atom stereocenters. The molecule has 2 heterocycles. The molecular weight excluding hydrogens is 329 g/mol. The Kier molecular flexibility index (Phi) is 4.34. The zero-order valence-corrected chi connectivity index (χ0v) is 12.9. The molecule has 128 valence electrons. The number of carbonyl (C=O) groups is 2. The summed E-state index contributed by atoms with van der Waals surface area (Å²) < 4.78 is 14.8. The normalized spacial score (nSPS) is 10.8. The van der Waals surface area contributed by atoms with Gasteiger partial charge in [-0.25, -0.2) is 9.37 Å². The van der Waals surface area contributed by atoms with Gasteiger partial charge in [0, 0.05) is 18.1 Å². The van der Waals surface area contributed by atoms with Crippen molar-refractivity contribution in [3.05, 3.63) is 59.8 Å². The Morgan fingerprint density at radius 1 is 1.20 bits per heavy atom. The molecule has 0 saturated heterocycles. The number of amides is 1. The molecule has 25 heavy (non-hydrogen) atoms. The van der Waals surface area contributed by atoms with E-state index in [0.717, 1.165) is 5.56 Å². The number of hydrogen-bond donors (Lipinski definition) is 3. The van der Waals surface area contributed by atoms with Crippen LogP contribution in [-0.4, -0.2) is 38.2 Å². The van der Waals surface area contributed by atoms with Crippen LogP contribution in [0.25, 0.3) is 10.9 Å². The smallest absolute Gasteiger partial charge is 0.322 e. The number of nitrogens with one attached hydrogen (secondary N) is 1. The zero-order valence-electron chi connectivity index (χ0n) is 12.9. The number of halogens is 1. The molecule has 3 aromatic rings. The minimum absolute atomic E-state index is 0.242. The van der Waals surface area contributed by atoms with Crippen molar-refractivity contribution in [3.8, 4) is 5.75 Å². The first-order valence-corrected chi connectivity index (χ1v) is 7.37. The number of pyridine rings is 1. The van der Waals surface area contributed by atoms with Gasteiger partial charge in [-0.2, -0.15) is 0 Å². The van der Waals surface area contributed by atoms with Crippen LogP contribution in [0.3, 0.4) is 0 Å². The van der Waals surface area contributed by atoms with E-state index >= 15 is 0 Å². The number of aromatic nitrogens is 2. The Balaban J connectivity index is 1.89. The van der Waals surface area contributed by atoms with E-state index < -0.39 is 18.4 Å². The number of carboxylic acid groups (broad SMARTS) is 1. The molecule has 0 radical (unpaired) electrons. The number of carbonyl (C=O) groups excluding carboxylic acids is 1. The minimum atomic E-state index is -1.20. The third-order valence-electron chi connectivity index (χ3n) is 3.68. The van der Waals surface area contributed by atoms with Crippen molar-refractivity contribution in [1.29, 1.82) is 0 Å². The van der Waals surface area contributed by atoms with E-state index in [1.165, 1.54) is 18.3 Å². The molecule has 8 heteroatoms. The number of rotatable bonds is 5. The monoisotopic (exact) mass is 343 g/mol. The summed E-state index contributed by atoms with van der Waals surface area (Å²) in [7, 11) is 0. The summed E-state index contributed by atoms with van der Waals surface area (Å²) in [6, 6.07) is 7.66. The number of hydrogen-bond acceptors (Lipinski definition) is 4. The summed E-state index contributed by atoms with van der Waals surface area (Å²) in [5, 5.41) is 21.4. The van der Waals surface area contributed by atoms with Crippen LogP contribution >= 0.6 is 0 Å². The van der Waals surface area contributed by atoms with E-state index in [9.17, 15) is 19.1 Å². The van der Waals surface area contributed by atoms with Gasteiger partial charge in [0.25, 0.3) is 5.91 Å². The number of benzene rings is 1. The van der Waals surface area contributed by atoms with Gasteiger partial charge in [0.2, 0.25) is 0 Å². The second-order valence-electron chi connectivity index (χ2n) is 5.40. The maximum Gasteiger partial charge on any atom is 0.322 e. The van der Waals surface area contributed by atoms with Crippen LogP contribution in [0, 0.1) is 5.82 Å². The predicted octanol–water partition coefficient (Wildman–Crippen LogP) is 1.74. The van der Waals surface area contributed by atoms with Gasteiger partial charge >= 0.3 is 5.97 Å². The van der Waals surface area contributed by atoms with Gasteiger partial charge in [0.1, 0.15) is 12.4 Å². The lowest BCUT2D eigenvalue weighted by atomic mass is 10.2. The summed E-state index contributed by atoms with van der Waals surface area (Å²) in [6.45, 7) is -0.126. The van der Waals surface area contributed by atoms with Gasteiger partial charge in [0.05, 0.1) is 11.7 Å². The number of fused-ring (bicyclic) bond motifs is 1. The largest absolute Gasteiger partial charge is 0.505 e. The number of aliphatic carboxylic acids is 1. The lowest BCUT2D eigenvalue weighted by molar-refractivity contribution is -0.135. The molecule has 0 spiro atoms. The highest BCUT2D eigenvalue weighted by Gasteiger charge is 2.18. The molecular formula is C17H14FN3O4. The molecule has 0 bridgehead atoms. The number of aromatic hydroxyl groups is 1. The first kappa shape index (κ1) is 16.4. The molecule has 0 saturated carbocycles. The highest BCUT2D eigenvalue weighted by atomic mass is 19.1. The van der Waals surface area contributed by atoms with Crippen LogP contribution < -0.4 is 5.32 Å². The van der Waals surface area contributed by atoms with Gasteiger partial charge in [-0.3, -0.25) is 9.59 Å². The Labute approximate surface area is 141 Å². The molecule has 7 nitrogen and oxygen atoms in total. The number of carboxylic acids is 1. The third-order valence-corrected chi connectivity index (χ3v) is 3.68. The lowest BCUT2D eigenvalue weighted by Gasteiger charge is -2.08. The second-order valence-corrected chi connectivity index (χ2v) is 5.40. The SMILES string of the molecule is O=C(O)CNC(=O)c1ncc2c(ccn2Cc2ccc(F)cc2)c1O. The highest BCUT2D eigenvalue weighted by Crippen LogP contribution is 2.28. The number of nitrogens with zero attached hydrogens (tertiary/aromatic N) is 2. The van der Waals surface area contributed by atoms with Crippen molar-refractivity contribution in [2.45, 2.75) is 6.54 Å². The molecule has 3 rings (SSSR count). The standard InChI is InChI=1S/C17H14FN3O4/c18-11-3-1-10(2-4-11)9-21-6-5-12-13(21)7-19-15(16(12)24)17(25)20-8-14(22)23/h1-7,24H,8-9H2,(H,20,25)(H,22,23). The van der Waals surface area contributed by atoms with Crippen molar-refractivity contribution in [2.24, 2.45) is 0 Å². The van der Waals surface area contributed by atoms with Crippen LogP contribution in [0.15, 0.2) is 42.7 Å². The Bertz CT molecular complexity index is 950. The van der Waals surface area contributed by atoms with Gasteiger partial charge in [-0.15, -0.1) is 0 Å². The van der Waals surface area contributed by atoms with Gasteiger partial charge in [0.15, 0.2) is 11.4 Å². The van der Waals surface area contributed by atoms with E-state index in [0.29, 0.717) is 17.4 Å². The average molecular weight is 343 g/mol. The maximum absolute atomic E-state index is 13.0. The van der Waals surface area contributed by atoms with Crippen LogP contribution in [0.1, 0.15) is 16.1 Å². The maximum atomic E-state index is 13.0. The van der Waals surface area contributed by atoms with Crippen molar-refractivity contribution >= 4 is 22.8 Å². The summed E-state index contributed by atoms with van der Waals surface area (Å²) in [4.78, 5) is 26.3. The second kappa shape index (κ2) is 6.60. The Morgan fingerprint density at radius 3 is 2.60 bits per heavy atom. The quantitative estimate of drug-likeness (QED) is 0.655. The van der Waals surface area contributed by atoms with E-state index in [4.69, 9.17) is 5.11 Å². The van der Waals surface area contributed by atoms with Crippen molar-refractivity contribution in [3.63, 3.8) is 0 Å². The van der Waals surface area contributed by atoms with Gasteiger partial charge in [-0.1, -0.05) is 12.1 Å².